The molecular formula is C18H16FN. The van der Waals surface area contributed by atoms with E-state index in [-0.39, 0.29) is 11.9 Å². The normalized spacial score (nSPS) is 20.0. The van der Waals surface area contributed by atoms with Crippen molar-refractivity contribution in [2.75, 3.05) is 0 Å². The van der Waals surface area contributed by atoms with E-state index in [1.54, 1.807) is 6.07 Å². The maximum Gasteiger partial charge on any atom is 0.131 e. The van der Waals surface area contributed by atoms with Crippen molar-refractivity contribution in [2.24, 2.45) is 5.73 Å². The van der Waals surface area contributed by atoms with Gasteiger partial charge in [0.25, 0.3) is 0 Å². The maximum absolute atomic E-state index is 14.4. The third kappa shape index (κ3) is 1.65. The minimum Gasteiger partial charge on any atom is -0.324 e. The van der Waals surface area contributed by atoms with Gasteiger partial charge in [0.15, 0.2) is 0 Å². The van der Waals surface area contributed by atoms with Crippen LogP contribution in [0.2, 0.25) is 0 Å². The van der Waals surface area contributed by atoms with E-state index < -0.39 is 0 Å². The largest absolute Gasteiger partial charge is 0.324 e. The van der Waals surface area contributed by atoms with Gasteiger partial charge in [-0.1, -0.05) is 36.4 Å². The summed E-state index contributed by atoms with van der Waals surface area (Å²) in [5, 5.41) is 2.22. The van der Waals surface area contributed by atoms with E-state index in [0.29, 0.717) is 12.0 Å². The molecule has 2 aromatic rings. The van der Waals surface area contributed by atoms with Crippen LogP contribution in [-0.2, 0) is 12.8 Å². The van der Waals surface area contributed by atoms with Gasteiger partial charge in [0.1, 0.15) is 5.82 Å². The molecule has 0 fully saturated rings. The fourth-order valence-corrected chi connectivity index (χ4v) is 3.40. The van der Waals surface area contributed by atoms with E-state index in [1.165, 1.54) is 11.1 Å². The average Bonchev–Trinajstić information content (AvgIpc) is 2.47. The first-order valence-electron chi connectivity index (χ1n) is 7.11. The molecule has 2 aliphatic carbocycles. The summed E-state index contributed by atoms with van der Waals surface area (Å²) in [5.41, 5.74) is 10.3. The molecule has 0 aliphatic heterocycles. The predicted molar refractivity (Wildman–Crippen MR) is 82.0 cm³/mol. The summed E-state index contributed by atoms with van der Waals surface area (Å²) in [7, 11) is 0. The summed E-state index contributed by atoms with van der Waals surface area (Å²) in [6.45, 7) is 0. The molecule has 2 aromatic carbocycles. The third-order valence-corrected chi connectivity index (χ3v) is 4.38. The van der Waals surface area contributed by atoms with E-state index in [1.807, 2.05) is 12.2 Å². The molecule has 0 amide bonds. The Kier molecular flexibility index (Phi) is 2.54. The Morgan fingerprint density at radius 2 is 2.00 bits per heavy atom. The number of rotatable bonds is 0. The zero-order valence-electron chi connectivity index (χ0n) is 11.2. The van der Waals surface area contributed by atoms with Gasteiger partial charge in [-0.25, -0.2) is 4.39 Å². The number of halogens is 1. The highest BCUT2D eigenvalue weighted by atomic mass is 19.1. The molecule has 0 spiro atoms. The number of aryl methyl sites for hydroxylation is 1. The molecule has 1 atom stereocenters. The quantitative estimate of drug-likeness (QED) is 0.769. The summed E-state index contributed by atoms with van der Waals surface area (Å²) in [4.78, 5) is 0. The SMILES string of the molecule is NC1C=Cc2c(F)cc3c4c(ccc3c2C1)C=CCC4. The highest BCUT2D eigenvalue weighted by molar-refractivity contribution is 5.94. The Morgan fingerprint density at radius 1 is 1.10 bits per heavy atom. The first-order valence-corrected chi connectivity index (χ1v) is 7.11. The highest BCUT2D eigenvalue weighted by Crippen LogP contribution is 2.35. The van der Waals surface area contributed by atoms with Gasteiger partial charge in [-0.2, -0.15) is 0 Å². The Hall–Kier alpha value is -1.93. The van der Waals surface area contributed by atoms with E-state index in [9.17, 15) is 4.39 Å². The van der Waals surface area contributed by atoms with Crippen LogP contribution in [0, 0.1) is 5.82 Å². The van der Waals surface area contributed by atoms with Gasteiger partial charge in [0.05, 0.1) is 0 Å². The summed E-state index contributed by atoms with van der Waals surface area (Å²) in [6.07, 6.45) is 10.8. The smallest absolute Gasteiger partial charge is 0.131 e. The maximum atomic E-state index is 14.4. The van der Waals surface area contributed by atoms with Crippen LogP contribution in [0.25, 0.3) is 22.9 Å². The second kappa shape index (κ2) is 4.29. The zero-order chi connectivity index (χ0) is 13.7. The van der Waals surface area contributed by atoms with E-state index in [0.717, 1.165) is 29.2 Å². The molecule has 20 heavy (non-hydrogen) atoms. The molecule has 1 nitrogen and oxygen atoms in total. The van der Waals surface area contributed by atoms with Crippen LogP contribution >= 0.6 is 0 Å². The lowest BCUT2D eigenvalue weighted by Gasteiger charge is -2.21. The van der Waals surface area contributed by atoms with Crippen molar-refractivity contribution >= 4 is 22.9 Å². The molecule has 2 aliphatic rings. The summed E-state index contributed by atoms with van der Waals surface area (Å²) >= 11 is 0. The Morgan fingerprint density at radius 3 is 2.90 bits per heavy atom. The Balaban J connectivity index is 2.09. The summed E-state index contributed by atoms with van der Waals surface area (Å²) in [5.74, 6) is -0.126. The minimum atomic E-state index is -0.126. The molecule has 0 heterocycles. The molecular weight excluding hydrogens is 249 g/mol. The number of hydrogen-bond acceptors (Lipinski definition) is 1. The van der Waals surface area contributed by atoms with Crippen LogP contribution in [-0.4, -0.2) is 6.04 Å². The van der Waals surface area contributed by atoms with Crippen LogP contribution < -0.4 is 5.73 Å². The van der Waals surface area contributed by atoms with Crippen molar-refractivity contribution in [2.45, 2.75) is 25.3 Å². The molecule has 0 aromatic heterocycles. The van der Waals surface area contributed by atoms with E-state index >= 15 is 0 Å². The fourth-order valence-electron chi connectivity index (χ4n) is 3.40. The fraction of sp³-hybridized carbons (Fsp3) is 0.222. The highest BCUT2D eigenvalue weighted by Gasteiger charge is 2.19. The van der Waals surface area contributed by atoms with Crippen LogP contribution in [0.4, 0.5) is 4.39 Å². The number of allylic oxidation sites excluding steroid dienone is 1. The van der Waals surface area contributed by atoms with Crippen molar-refractivity contribution in [1.29, 1.82) is 0 Å². The van der Waals surface area contributed by atoms with Crippen molar-refractivity contribution in [3.05, 3.63) is 58.4 Å². The van der Waals surface area contributed by atoms with Gasteiger partial charge in [0, 0.05) is 11.6 Å². The second-order valence-electron chi connectivity index (χ2n) is 5.65. The monoisotopic (exact) mass is 265 g/mol. The van der Waals surface area contributed by atoms with Gasteiger partial charge in [-0.15, -0.1) is 0 Å². The number of nitrogens with two attached hydrogens (primary N) is 1. The standard InChI is InChI=1S/C18H16FN/c19-18-10-17-13-4-2-1-3-11(13)5-7-14(17)16-9-12(20)6-8-15(16)18/h1,3,5-8,10,12H,2,4,9,20H2. The molecule has 4 rings (SSSR count). The number of benzene rings is 2. The number of hydrogen-bond donors (Lipinski definition) is 1. The lowest BCUT2D eigenvalue weighted by atomic mass is 9.85. The van der Waals surface area contributed by atoms with Crippen LogP contribution in [0.3, 0.4) is 0 Å². The van der Waals surface area contributed by atoms with Gasteiger partial charge in [0.2, 0.25) is 0 Å². The summed E-state index contributed by atoms with van der Waals surface area (Å²) < 4.78 is 14.4. The molecule has 2 heteroatoms. The zero-order valence-corrected chi connectivity index (χ0v) is 11.2. The van der Waals surface area contributed by atoms with E-state index in [2.05, 4.69) is 24.3 Å². The van der Waals surface area contributed by atoms with Crippen LogP contribution in [0.15, 0.2) is 30.4 Å². The Bertz CT molecular complexity index is 771. The van der Waals surface area contributed by atoms with Gasteiger partial charge in [-0.05, 0) is 52.8 Å². The van der Waals surface area contributed by atoms with Gasteiger partial charge < -0.3 is 5.73 Å². The first kappa shape index (κ1) is 11.9. The summed E-state index contributed by atoms with van der Waals surface area (Å²) in [6, 6.07) is 5.96. The molecule has 0 saturated carbocycles. The third-order valence-electron chi connectivity index (χ3n) is 4.38. The van der Waals surface area contributed by atoms with Gasteiger partial charge in [-0.3, -0.25) is 0 Å². The van der Waals surface area contributed by atoms with Crippen molar-refractivity contribution in [1.82, 2.24) is 0 Å². The lowest BCUT2D eigenvalue weighted by Crippen LogP contribution is -2.23. The predicted octanol–water partition coefficient (Wildman–Crippen LogP) is 3.83. The van der Waals surface area contributed by atoms with Crippen LogP contribution in [0.5, 0.6) is 0 Å². The molecule has 0 radical (unpaired) electrons. The van der Waals surface area contributed by atoms with E-state index in [4.69, 9.17) is 5.73 Å². The molecule has 2 N–H and O–H groups in total. The van der Waals surface area contributed by atoms with Crippen LogP contribution in [0.1, 0.15) is 28.7 Å². The lowest BCUT2D eigenvalue weighted by molar-refractivity contribution is 0.621. The molecule has 0 saturated heterocycles. The molecule has 0 bridgehead atoms. The van der Waals surface area contributed by atoms with Crippen molar-refractivity contribution in [3.63, 3.8) is 0 Å². The second-order valence-corrected chi connectivity index (χ2v) is 5.65. The average molecular weight is 265 g/mol. The minimum absolute atomic E-state index is 0.0107. The number of fused-ring (bicyclic) bond motifs is 5. The Labute approximate surface area is 117 Å². The molecule has 100 valence electrons. The molecule has 1 unspecified atom stereocenters. The van der Waals surface area contributed by atoms with Crippen molar-refractivity contribution in [3.8, 4) is 0 Å². The van der Waals surface area contributed by atoms with Crippen molar-refractivity contribution < 1.29 is 4.39 Å². The van der Waals surface area contributed by atoms with Gasteiger partial charge >= 0.3 is 0 Å². The first-order chi connectivity index (χ1) is 9.74. The topological polar surface area (TPSA) is 26.0 Å².